The molecule has 1 aromatic heterocycles. The van der Waals surface area contributed by atoms with Crippen LogP contribution in [0.5, 0.6) is 11.8 Å². The highest BCUT2D eigenvalue weighted by Gasteiger charge is 2.25. The van der Waals surface area contributed by atoms with Crippen molar-refractivity contribution < 1.29 is 14.3 Å². The van der Waals surface area contributed by atoms with Crippen LogP contribution < -0.4 is 9.47 Å². The normalized spacial score (nSPS) is 17.2. The Hall–Kier alpha value is -2.63. The molecule has 0 N–H and O–H groups in total. The van der Waals surface area contributed by atoms with Crippen LogP contribution in [0.1, 0.15) is 25.3 Å². The third-order valence-electron chi connectivity index (χ3n) is 4.13. The van der Waals surface area contributed by atoms with Crippen LogP contribution in [0.15, 0.2) is 42.7 Å². The SMILES string of the molecule is CCOc1ccc(CC(=O)N2CCCC(Oc3ncccn3)C2)cc1. The van der Waals surface area contributed by atoms with Gasteiger partial charge in [-0.3, -0.25) is 4.79 Å². The molecule has 1 atom stereocenters. The van der Waals surface area contributed by atoms with Crippen LogP contribution in [-0.4, -0.2) is 46.6 Å². The van der Waals surface area contributed by atoms with E-state index < -0.39 is 0 Å². The van der Waals surface area contributed by atoms with Crippen molar-refractivity contribution in [2.75, 3.05) is 19.7 Å². The largest absolute Gasteiger partial charge is 0.494 e. The van der Waals surface area contributed by atoms with Crippen LogP contribution in [0.4, 0.5) is 0 Å². The number of hydrogen-bond donors (Lipinski definition) is 0. The first-order chi connectivity index (χ1) is 12.2. The zero-order valence-corrected chi connectivity index (χ0v) is 14.4. The second kappa shape index (κ2) is 8.46. The molecule has 2 heterocycles. The van der Waals surface area contributed by atoms with Crippen molar-refractivity contribution in [3.8, 4) is 11.8 Å². The summed E-state index contributed by atoms with van der Waals surface area (Å²) in [5.41, 5.74) is 0.989. The van der Waals surface area contributed by atoms with E-state index in [2.05, 4.69) is 9.97 Å². The number of amides is 1. The van der Waals surface area contributed by atoms with Crippen molar-refractivity contribution in [2.45, 2.75) is 32.3 Å². The first-order valence-electron chi connectivity index (χ1n) is 8.68. The smallest absolute Gasteiger partial charge is 0.316 e. The van der Waals surface area contributed by atoms with Gasteiger partial charge in [0.05, 0.1) is 19.6 Å². The van der Waals surface area contributed by atoms with E-state index in [1.54, 1.807) is 18.5 Å². The Morgan fingerprint density at radius 1 is 1.24 bits per heavy atom. The zero-order chi connectivity index (χ0) is 17.5. The first kappa shape index (κ1) is 17.2. The highest BCUT2D eigenvalue weighted by Crippen LogP contribution is 2.17. The molecule has 132 valence electrons. The minimum absolute atomic E-state index is 0.0552. The van der Waals surface area contributed by atoms with Crippen molar-refractivity contribution in [2.24, 2.45) is 0 Å². The topological polar surface area (TPSA) is 64.5 Å². The molecule has 0 spiro atoms. The molecule has 6 nitrogen and oxygen atoms in total. The van der Waals surface area contributed by atoms with Gasteiger partial charge < -0.3 is 14.4 Å². The van der Waals surface area contributed by atoms with Crippen LogP contribution in [0.2, 0.25) is 0 Å². The predicted octanol–water partition coefficient (Wildman–Crippen LogP) is 2.49. The molecule has 1 fully saturated rings. The predicted molar refractivity (Wildman–Crippen MR) is 93.6 cm³/mol. The Morgan fingerprint density at radius 2 is 2.00 bits per heavy atom. The van der Waals surface area contributed by atoms with Gasteiger partial charge in [-0.2, -0.15) is 0 Å². The maximum atomic E-state index is 12.6. The van der Waals surface area contributed by atoms with Crippen LogP contribution >= 0.6 is 0 Å². The number of piperidine rings is 1. The van der Waals surface area contributed by atoms with Gasteiger partial charge in [-0.05, 0) is 43.5 Å². The Balaban J connectivity index is 1.54. The molecule has 0 radical (unpaired) electrons. The van der Waals surface area contributed by atoms with E-state index >= 15 is 0 Å². The van der Waals surface area contributed by atoms with Crippen molar-refractivity contribution in [1.29, 1.82) is 0 Å². The molecule has 1 aliphatic heterocycles. The number of likely N-dealkylation sites (tertiary alicyclic amines) is 1. The zero-order valence-electron chi connectivity index (χ0n) is 14.4. The van der Waals surface area contributed by atoms with Crippen LogP contribution in [0.3, 0.4) is 0 Å². The quantitative estimate of drug-likeness (QED) is 0.808. The van der Waals surface area contributed by atoms with Gasteiger partial charge in [-0.1, -0.05) is 12.1 Å². The van der Waals surface area contributed by atoms with Crippen molar-refractivity contribution in [1.82, 2.24) is 14.9 Å². The molecule has 0 bridgehead atoms. The summed E-state index contributed by atoms with van der Waals surface area (Å²) in [7, 11) is 0. The number of nitrogens with zero attached hydrogens (tertiary/aromatic N) is 3. The lowest BCUT2D eigenvalue weighted by Crippen LogP contribution is -2.45. The van der Waals surface area contributed by atoms with Crippen molar-refractivity contribution in [3.05, 3.63) is 48.3 Å². The summed E-state index contributed by atoms with van der Waals surface area (Å²) in [4.78, 5) is 22.6. The second-order valence-corrected chi connectivity index (χ2v) is 6.01. The lowest BCUT2D eigenvalue weighted by molar-refractivity contribution is -0.133. The molecule has 3 rings (SSSR count). The Labute approximate surface area is 147 Å². The van der Waals surface area contributed by atoms with Crippen LogP contribution in [0, 0.1) is 0 Å². The maximum Gasteiger partial charge on any atom is 0.316 e. The number of aromatic nitrogens is 2. The van der Waals surface area contributed by atoms with E-state index in [1.807, 2.05) is 36.1 Å². The number of carbonyl (C=O) groups is 1. The Kier molecular flexibility index (Phi) is 5.82. The van der Waals surface area contributed by atoms with E-state index in [0.717, 1.165) is 30.7 Å². The van der Waals surface area contributed by atoms with Gasteiger partial charge in [0, 0.05) is 18.9 Å². The Bertz CT molecular complexity index is 676. The molecule has 0 saturated carbocycles. The molecule has 1 unspecified atom stereocenters. The highest BCUT2D eigenvalue weighted by atomic mass is 16.5. The van der Waals surface area contributed by atoms with Crippen molar-refractivity contribution in [3.63, 3.8) is 0 Å². The van der Waals surface area contributed by atoms with Gasteiger partial charge in [-0.25, -0.2) is 9.97 Å². The number of hydrogen-bond acceptors (Lipinski definition) is 5. The summed E-state index contributed by atoms with van der Waals surface area (Å²) in [6, 6.07) is 9.81. The third kappa shape index (κ3) is 4.92. The lowest BCUT2D eigenvalue weighted by Gasteiger charge is -2.32. The number of ether oxygens (including phenoxy) is 2. The molecule has 0 aliphatic carbocycles. The fourth-order valence-corrected chi connectivity index (χ4v) is 2.91. The summed E-state index contributed by atoms with van der Waals surface area (Å²) in [6.07, 6.45) is 5.47. The van der Waals surface area contributed by atoms with Gasteiger partial charge in [0.25, 0.3) is 0 Å². The summed E-state index contributed by atoms with van der Waals surface area (Å²) in [5.74, 6) is 0.944. The van der Waals surface area contributed by atoms with Gasteiger partial charge in [0.1, 0.15) is 11.9 Å². The minimum Gasteiger partial charge on any atom is -0.494 e. The van der Waals surface area contributed by atoms with Crippen molar-refractivity contribution >= 4 is 5.91 Å². The monoisotopic (exact) mass is 341 g/mol. The van der Waals surface area contributed by atoms with Gasteiger partial charge in [0.15, 0.2) is 0 Å². The highest BCUT2D eigenvalue weighted by molar-refractivity contribution is 5.79. The van der Waals surface area contributed by atoms with E-state index in [-0.39, 0.29) is 12.0 Å². The number of benzene rings is 1. The van der Waals surface area contributed by atoms with Crippen LogP contribution in [-0.2, 0) is 11.2 Å². The molecule has 1 amide bonds. The standard InChI is InChI=1S/C19H23N3O3/c1-2-24-16-8-6-15(7-9-16)13-18(23)22-12-3-5-17(14-22)25-19-20-10-4-11-21-19/h4,6-11,17H,2-3,5,12-14H2,1H3. The molecular weight excluding hydrogens is 318 g/mol. The molecule has 1 aliphatic rings. The second-order valence-electron chi connectivity index (χ2n) is 6.01. The summed E-state index contributed by atoms with van der Waals surface area (Å²) in [5, 5.41) is 0. The number of carbonyl (C=O) groups excluding carboxylic acids is 1. The maximum absolute atomic E-state index is 12.6. The van der Waals surface area contributed by atoms with E-state index in [1.165, 1.54) is 0 Å². The minimum atomic E-state index is -0.0552. The fraction of sp³-hybridized carbons (Fsp3) is 0.421. The van der Waals surface area contributed by atoms with Crippen LogP contribution in [0.25, 0.3) is 0 Å². The Morgan fingerprint density at radius 3 is 2.72 bits per heavy atom. The average molecular weight is 341 g/mol. The first-order valence-corrected chi connectivity index (χ1v) is 8.68. The molecule has 1 aromatic carbocycles. The van der Waals surface area contributed by atoms with Gasteiger partial charge in [-0.15, -0.1) is 0 Å². The molecular formula is C19H23N3O3. The number of rotatable bonds is 6. The summed E-state index contributed by atoms with van der Waals surface area (Å²) >= 11 is 0. The molecule has 1 saturated heterocycles. The molecule has 25 heavy (non-hydrogen) atoms. The lowest BCUT2D eigenvalue weighted by atomic mass is 10.1. The van der Waals surface area contributed by atoms with E-state index in [9.17, 15) is 4.79 Å². The third-order valence-corrected chi connectivity index (χ3v) is 4.13. The average Bonchev–Trinajstić information content (AvgIpc) is 2.65. The molecule has 6 heteroatoms. The van der Waals surface area contributed by atoms with E-state index in [4.69, 9.17) is 9.47 Å². The van der Waals surface area contributed by atoms with E-state index in [0.29, 0.717) is 25.6 Å². The molecule has 2 aromatic rings. The summed E-state index contributed by atoms with van der Waals surface area (Å²) in [6.45, 7) is 3.94. The fourth-order valence-electron chi connectivity index (χ4n) is 2.91. The van der Waals surface area contributed by atoms with Gasteiger partial charge in [0.2, 0.25) is 5.91 Å². The van der Waals surface area contributed by atoms with Gasteiger partial charge >= 0.3 is 6.01 Å². The summed E-state index contributed by atoms with van der Waals surface area (Å²) < 4.78 is 11.2.